The summed E-state index contributed by atoms with van der Waals surface area (Å²) in [7, 11) is 3.36. The molecule has 1 aromatic rings. The second-order valence-electron chi connectivity index (χ2n) is 8.17. The van der Waals surface area contributed by atoms with Gasteiger partial charge in [0.1, 0.15) is 0 Å². The molecule has 2 atom stereocenters. The van der Waals surface area contributed by atoms with Crippen molar-refractivity contribution in [3.63, 3.8) is 0 Å². The number of morpholine rings is 1. The van der Waals surface area contributed by atoms with E-state index < -0.39 is 0 Å². The van der Waals surface area contributed by atoms with Gasteiger partial charge in [-0.25, -0.2) is 0 Å². The lowest BCUT2D eigenvalue weighted by Gasteiger charge is -2.36. The number of hydrogen-bond acceptors (Lipinski definition) is 5. The standard InChI is InChI=1S/C23H38N4O3/c1-5-24-23(27-10-6-7-18(2)17-27)25-16-20(26-11-13-30-14-12-26)19-8-9-21(28-3)22(15-19)29-4/h8-9,15,18,20H,5-7,10-14,16-17H2,1-4H3,(H,24,25). The summed E-state index contributed by atoms with van der Waals surface area (Å²) in [5, 5.41) is 3.51. The highest BCUT2D eigenvalue weighted by Gasteiger charge is 2.25. The maximum Gasteiger partial charge on any atom is 0.193 e. The maximum atomic E-state index is 5.60. The molecule has 30 heavy (non-hydrogen) atoms. The minimum atomic E-state index is 0.171. The first-order valence-corrected chi connectivity index (χ1v) is 11.2. The lowest BCUT2D eigenvalue weighted by Crippen LogP contribution is -2.47. The van der Waals surface area contributed by atoms with Crippen molar-refractivity contribution in [1.82, 2.24) is 15.1 Å². The van der Waals surface area contributed by atoms with Gasteiger partial charge in [0.2, 0.25) is 0 Å². The fourth-order valence-corrected chi connectivity index (χ4v) is 4.36. The van der Waals surface area contributed by atoms with Crippen LogP contribution in [0.4, 0.5) is 0 Å². The molecule has 1 N–H and O–H groups in total. The van der Waals surface area contributed by atoms with Crippen LogP contribution in [-0.2, 0) is 4.74 Å². The Morgan fingerprint density at radius 2 is 1.97 bits per heavy atom. The van der Waals surface area contributed by atoms with Gasteiger partial charge in [-0.15, -0.1) is 0 Å². The lowest BCUT2D eigenvalue weighted by molar-refractivity contribution is 0.0179. The molecule has 1 aromatic carbocycles. The topological polar surface area (TPSA) is 58.6 Å². The zero-order valence-corrected chi connectivity index (χ0v) is 19.0. The SMILES string of the molecule is CCNC(=NCC(c1ccc(OC)c(OC)c1)N1CCOCC1)N1CCCC(C)C1. The Balaban J connectivity index is 1.85. The van der Waals surface area contributed by atoms with Crippen molar-refractivity contribution < 1.29 is 14.2 Å². The largest absolute Gasteiger partial charge is 0.493 e. The predicted molar refractivity (Wildman–Crippen MR) is 121 cm³/mol. The molecule has 0 aromatic heterocycles. The molecule has 2 saturated heterocycles. The number of aliphatic imine (C=N–C) groups is 1. The number of rotatable bonds is 7. The number of likely N-dealkylation sites (tertiary alicyclic amines) is 1. The maximum absolute atomic E-state index is 5.60. The van der Waals surface area contributed by atoms with Crippen LogP contribution in [0, 0.1) is 5.92 Å². The first kappa shape index (κ1) is 22.7. The zero-order valence-electron chi connectivity index (χ0n) is 19.0. The van der Waals surface area contributed by atoms with Crippen molar-refractivity contribution in [2.24, 2.45) is 10.9 Å². The summed E-state index contributed by atoms with van der Waals surface area (Å²) in [5.74, 6) is 3.25. The van der Waals surface area contributed by atoms with Gasteiger partial charge in [-0.1, -0.05) is 13.0 Å². The molecule has 0 bridgehead atoms. The van der Waals surface area contributed by atoms with Crippen LogP contribution in [0.5, 0.6) is 11.5 Å². The summed E-state index contributed by atoms with van der Waals surface area (Å²) < 4.78 is 16.6. The molecule has 0 saturated carbocycles. The highest BCUT2D eigenvalue weighted by molar-refractivity contribution is 5.80. The van der Waals surface area contributed by atoms with Gasteiger partial charge < -0.3 is 24.4 Å². The highest BCUT2D eigenvalue weighted by Crippen LogP contribution is 2.32. The van der Waals surface area contributed by atoms with Gasteiger partial charge in [0.25, 0.3) is 0 Å². The van der Waals surface area contributed by atoms with Crippen LogP contribution in [0.25, 0.3) is 0 Å². The summed E-state index contributed by atoms with van der Waals surface area (Å²) in [6, 6.07) is 6.38. The molecule has 0 radical (unpaired) electrons. The molecule has 2 fully saturated rings. The number of nitrogens with one attached hydrogen (secondary N) is 1. The van der Waals surface area contributed by atoms with E-state index in [1.54, 1.807) is 14.2 Å². The summed E-state index contributed by atoms with van der Waals surface area (Å²) in [6.45, 7) is 11.5. The van der Waals surface area contributed by atoms with Crippen LogP contribution in [0.3, 0.4) is 0 Å². The van der Waals surface area contributed by atoms with Gasteiger partial charge in [0, 0.05) is 32.7 Å². The van der Waals surface area contributed by atoms with E-state index in [0.29, 0.717) is 12.5 Å². The van der Waals surface area contributed by atoms with Crippen molar-refractivity contribution in [2.75, 3.05) is 66.7 Å². The summed E-state index contributed by atoms with van der Waals surface area (Å²) in [6.07, 6.45) is 2.53. The fraction of sp³-hybridized carbons (Fsp3) is 0.696. The van der Waals surface area contributed by atoms with E-state index in [0.717, 1.165) is 63.4 Å². The molecule has 2 unspecified atom stereocenters. The van der Waals surface area contributed by atoms with Gasteiger partial charge in [0.15, 0.2) is 17.5 Å². The lowest BCUT2D eigenvalue weighted by atomic mass is 10.0. The van der Waals surface area contributed by atoms with Crippen LogP contribution < -0.4 is 14.8 Å². The Morgan fingerprint density at radius 1 is 1.20 bits per heavy atom. The molecule has 2 aliphatic rings. The van der Waals surface area contributed by atoms with Gasteiger partial charge >= 0.3 is 0 Å². The number of hydrogen-bond donors (Lipinski definition) is 1. The van der Waals surface area contributed by atoms with E-state index in [4.69, 9.17) is 19.2 Å². The van der Waals surface area contributed by atoms with Crippen molar-refractivity contribution in [3.8, 4) is 11.5 Å². The Labute approximate surface area is 181 Å². The van der Waals surface area contributed by atoms with E-state index in [2.05, 4.69) is 41.1 Å². The Morgan fingerprint density at radius 3 is 2.63 bits per heavy atom. The van der Waals surface area contributed by atoms with Crippen LogP contribution in [0.2, 0.25) is 0 Å². The average Bonchev–Trinajstić information content (AvgIpc) is 2.79. The van der Waals surface area contributed by atoms with E-state index in [-0.39, 0.29) is 6.04 Å². The fourth-order valence-electron chi connectivity index (χ4n) is 4.36. The van der Waals surface area contributed by atoms with Crippen LogP contribution in [0.15, 0.2) is 23.2 Å². The van der Waals surface area contributed by atoms with E-state index >= 15 is 0 Å². The third kappa shape index (κ3) is 5.79. The van der Waals surface area contributed by atoms with E-state index in [1.165, 1.54) is 18.4 Å². The van der Waals surface area contributed by atoms with Gasteiger partial charge in [-0.3, -0.25) is 9.89 Å². The first-order chi connectivity index (χ1) is 14.7. The quantitative estimate of drug-likeness (QED) is 0.543. The molecule has 3 rings (SSSR count). The third-order valence-corrected chi connectivity index (χ3v) is 5.98. The molecule has 168 valence electrons. The predicted octanol–water partition coefficient (Wildman–Crippen LogP) is 2.77. The molecular weight excluding hydrogens is 380 g/mol. The van der Waals surface area contributed by atoms with Crippen LogP contribution in [-0.4, -0.2) is 82.5 Å². The molecule has 2 aliphatic heterocycles. The molecule has 7 heteroatoms. The van der Waals surface area contributed by atoms with Gasteiger partial charge in [-0.2, -0.15) is 0 Å². The summed E-state index contributed by atoms with van der Waals surface area (Å²) in [5.41, 5.74) is 1.20. The van der Waals surface area contributed by atoms with Crippen molar-refractivity contribution >= 4 is 5.96 Å². The van der Waals surface area contributed by atoms with Gasteiger partial charge in [-0.05, 0) is 43.4 Å². The number of nitrogens with zero attached hydrogens (tertiary/aromatic N) is 3. The summed E-state index contributed by atoms with van der Waals surface area (Å²) >= 11 is 0. The Hall–Kier alpha value is -1.99. The second-order valence-corrected chi connectivity index (χ2v) is 8.17. The molecule has 7 nitrogen and oxygen atoms in total. The van der Waals surface area contributed by atoms with Gasteiger partial charge in [0.05, 0.1) is 40.0 Å². The molecule has 0 spiro atoms. The van der Waals surface area contributed by atoms with Crippen LogP contribution >= 0.6 is 0 Å². The smallest absolute Gasteiger partial charge is 0.193 e. The van der Waals surface area contributed by atoms with E-state index in [1.807, 2.05) is 6.07 Å². The normalized spacial score (nSPS) is 21.9. The monoisotopic (exact) mass is 418 g/mol. The van der Waals surface area contributed by atoms with Crippen molar-refractivity contribution in [2.45, 2.75) is 32.7 Å². The number of benzene rings is 1. The number of guanidine groups is 1. The molecule has 0 amide bonds. The minimum absolute atomic E-state index is 0.171. The second kappa shape index (κ2) is 11.4. The Bertz CT molecular complexity index is 691. The van der Waals surface area contributed by atoms with E-state index in [9.17, 15) is 0 Å². The zero-order chi connectivity index (χ0) is 21.3. The highest BCUT2D eigenvalue weighted by atomic mass is 16.5. The number of ether oxygens (including phenoxy) is 3. The van der Waals surface area contributed by atoms with Crippen LogP contribution in [0.1, 0.15) is 38.3 Å². The Kier molecular flexibility index (Phi) is 8.63. The molecular formula is C23H38N4O3. The first-order valence-electron chi connectivity index (χ1n) is 11.2. The molecule has 2 heterocycles. The number of piperidine rings is 1. The third-order valence-electron chi connectivity index (χ3n) is 5.98. The minimum Gasteiger partial charge on any atom is -0.493 e. The number of methoxy groups -OCH3 is 2. The summed E-state index contributed by atoms with van der Waals surface area (Å²) in [4.78, 5) is 9.99. The average molecular weight is 419 g/mol. The molecule has 0 aliphatic carbocycles. The van der Waals surface area contributed by atoms with Crippen molar-refractivity contribution in [1.29, 1.82) is 0 Å². The van der Waals surface area contributed by atoms with Crippen molar-refractivity contribution in [3.05, 3.63) is 23.8 Å².